The van der Waals surface area contributed by atoms with Gasteiger partial charge in [-0.25, -0.2) is 0 Å². The molecule has 0 saturated carbocycles. The van der Waals surface area contributed by atoms with Crippen LogP contribution >= 0.6 is 0 Å². The van der Waals surface area contributed by atoms with E-state index in [1.165, 1.54) is 51.8 Å². The van der Waals surface area contributed by atoms with E-state index in [9.17, 15) is 4.79 Å². The van der Waals surface area contributed by atoms with E-state index in [4.69, 9.17) is 0 Å². The van der Waals surface area contributed by atoms with Crippen molar-refractivity contribution in [2.45, 2.75) is 13.5 Å². The second kappa shape index (κ2) is 9.56. The number of benzene rings is 1. The molecule has 0 radical (unpaired) electrons. The number of nitrogens with zero attached hydrogens (tertiary/aromatic N) is 2. The molecule has 3 fully saturated rings. The Morgan fingerprint density at radius 3 is 1.95 bits per heavy atom. The average Bonchev–Trinajstić information content (AvgIpc) is 2.58. The van der Waals surface area contributed by atoms with Crippen LogP contribution in [0.4, 0.5) is 0 Å². The van der Waals surface area contributed by atoms with Gasteiger partial charge in [-0.3, -0.25) is 14.6 Å². The SMILES string of the molecule is C1CN2CCN1CC2.CC(=O)NCCNCc1ccccc1. The Hall–Kier alpha value is -1.43. The lowest BCUT2D eigenvalue weighted by Crippen LogP contribution is -2.55. The second-order valence-corrected chi connectivity index (χ2v) is 5.83. The zero-order valence-electron chi connectivity index (χ0n) is 13.6. The zero-order valence-corrected chi connectivity index (χ0v) is 13.6. The molecular formula is C17H28N4O. The topological polar surface area (TPSA) is 47.6 Å². The molecule has 0 spiro atoms. The Labute approximate surface area is 133 Å². The molecule has 1 aromatic rings. The number of fused-ring (bicyclic) bond motifs is 3. The Morgan fingerprint density at radius 2 is 1.50 bits per heavy atom. The summed E-state index contributed by atoms with van der Waals surface area (Å²) in [6.45, 7) is 11.8. The van der Waals surface area contributed by atoms with Crippen molar-refractivity contribution < 1.29 is 4.79 Å². The standard InChI is InChI=1S/C11H16N2O.C6H12N2/c1-10(14)13-8-7-12-9-11-5-3-2-4-6-11;1-2-8-5-3-7(1)4-6-8/h2-6,12H,7-9H2,1H3,(H,13,14);1-6H2. The summed E-state index contributed by atoms with van der Waals surface area (Å²) in [4.78, 5) is 15.6. The molecule has 0 aliphatic carbocycles. The van der Waals surface area contributed by atoms with Crippen molar-refractivity contribution in [1.82, 2.24) is 20.4 Å². The summed E-state index contributed by atoms with van der Waals surface area (Å²) in [6, 6.07) is 10.2. The lowest BCUT2D eigenvalue weighted by Gasteiger charge is -2.41. The van der Waals surface area contributed by atoms with Crippen LogP contribution in [-0.4, -0.2) is 68.1 Å². The average molecular weight is 304 g/mol. The highest BCUT2D eigenvalue weighted by Crippen LogP contribution is 2.06. The highest BCUT2D eigenvalue weighted by atomic mass is 16.1. The summed E-state index contributed by atoms with van der Waals surface area (Å²) in [6.07, 6.45) is 0. The number of piperazine rings is 3. The molecule has 2 N–H and O–H groups in total. The Balaban J connectivity index is 0.000000183. The molecule has 0 aromatic heterocycles. The summed E-state index contributed by atoms with van der Waals surface area (Å²) in [5.41, 5.74) is 1.26. The van der Waals surface area contributed by atoms with Crippen LogP contribution in [0.5, 0.6) is 0 Å². The van der Waals surface area contributed by atoms with Crippen molar-refractivity contribution in [3.63, 3.8) is 0 Å². The van der Waals surface area contributed by atoms with Crippen LogP contribution in [-0.2, 0) is 11.3 Å². The molecule has 5 nitrogen and oxygen atoms in total. The molecule has 3 aliphatic heterocycles. The molecule has 1 amide bonds. The fraction of sp³-hybridized carbons (Fsp3) is 0.588. The maximum atomic E-state index is 10.5. The summed E-state index contributed by atoms with van der Waals surface area (Å²) < 4.78 is 0. The van der Waals surface area contributed by atoms with Gasteiger partial charge < -0.3 is 10.6 Å². The maximum Gasteiger partial charge on any atom is 0.216 e. The Morgan fingerprint density at radius 1 is 0.955 bits per heavy atom. The van der Waals surface area contributed by atoms with Crippen LogP contribution in [0.25, 0.3) is 0 Å². The van der Waals surface area contributed by atoms with Crippen LogP contribution in [0.2, 0.25) is 0 Å². The fourth-order valence-electron chi connectivity index (χ4n) is 2.67. The van der Waals surface area contributed by atoms with E-state index in [2.05, 4.69) is 32.6 Å². The first-order chi connectivity index (χ1) is 10.7. The van der Waals surface area contributed by atoms with Crippen molar-refractivity contribution in [2.75, 3.05) is 52.4 Å². The summed E-state index contributed by atoms with van der Waals surface area (Å²) >= 11 is 0. The third-order valence-electron chi connectivity index (χ3n) is 4.05. The van der Waals surface area contributed by atoms with Crippen LogP contribution in [0, 0.1) is 0 Å². The molecule has 0 unspecified atom stereocenters. The van der Waals surface area contributed by atoms with Crippen LogP contribution in [0.3, 0.4) is 0 Å². The van der Waals surface area contributed by atoms with Crippen LogP contribution in [0.15, 0.2) is 30.3 Å². The predicted octanol–water partition coefficient (Wildman–Crippen LogP) is 0.530. The minimum Gasteiger partial charge on any atom is -0.355 e. The van der Waals surface area contributed by atoms with E-state index in [1.807, 2.05) is 18.2 Å². The minimum atomic E-state index is 0.0199. The number of carbonyl (C=O) groups excluding carboxylic acids is 1. The van der Waals surface area contributed by atoms with E-state index >= 15 is 0 Å². The van der Waals surface area contributed by atoms with Gasteiger partial charge in [0.1, 0.15) is 0 Å². The van der Waals surface area contributed by atoms with Crippen LogP contribution < -0.4 is 10.6 Å². The Bertz CT molecular complexity index is 407. The molecule has 1 aromatic carbocycles. The molecule has 3 saturated heterocycles. The monoisotopic (exact) mass is 304 g/mol. The van der Waals surface area contributed by atoms with E-state index in [-0.39, 0.29) is 5.91 Å². The molecule has 3 aliphatic rings. The smallest absolute Gasteiger partial charge is 0.216 e. The highest BCUT2D eigenvalue weighted by Gasteiger charge is 2.21. The van der Waals surface area contributed by atoms with Crippen molar-refractivity contribution in [1.29, 1.82) is 0 Å². The quantitative estimate of drug-likeness (QED) is 0.779. The minimum absolute atomic E-state index is 0.0199. The van der Waals surface area contributed by atoms with Gasteiger partial charge in [-0.2, -0.15) is 0 Å². The Kier molecular flexibility index (Phi) is 7.36. The number of amides is 1. The maximum absolute atomic E-state index is 10.5. The van der Waals surface area contributed by atoms with E-state index in [1.54, 1.807) is 0 Å². The van der Waals surface area contributed by atoms with Gasteiger partial charge in [0.15, 0.2) is 0 Å². The largest absolute Gasteiger partial charge is 0.355 e. The summed E-state index contributed by atoms with van der Waals surface area (Å²) in [7, 11) is 0. The van der Waals surface area contributed by atoms with Crippen molar-refractivity contribution in [3.8, 4) is 0 Å². The van der Waals surface area contributed by atoms with Gasteiger partial charge in [-0.1, -0.05) is 30.3 Å². The third kappa shape index (κ3) is 6.56. The molecule has 4 rings (SSSR count). The van der Waals surface area contributed by atoms with Crippen molar-refractivity contribution in [2.24, 2.45) is 0 Å². The van der Waals surface area contributed by atoms with Crippen LogP contribution in [0.1, 0.15) is 12.5 Å². The number of hydrogen-bond acceptors (Lipinski definition) is 4. The number of rotatable bonds is 5. The summed E-state index contributed by atoms with van der Waals surface area (Å²) in [5, 5.41) is 5.97. The molecular weight excluding hydrogens is 276 g/mol. The van der Waals surface area contributed by atoms with E-state index in [0.29, 0.717) is 6.54 Å². The highest BCUT2D eigenvalue weighted by molar-refractivity contribution is 5.72. The second-order valence-electron chi connectivity index (χ2n) is 5.83. The van der Waals surface area contributed by atoms with Gasteiger partial charge in [0, 0.05) is 65.8 Å². The zero-order chi connectivity index (χ0) is 15.6. The molecule has 2 bridgehead atoms. The lowest BCUT2D eigenvalue weighted by molar-refractivity contribution is -0.118. The van der Waals surface area contributed by atoms with Crippen molar-refractivity contribution in [3.05, 3.63) is 35.9 Å². The number of nitrogens with one attached hydrogen (secondary N) is 2. The van der Waals surface area contributed by atoms with Gasteiger partial charge in [-0.15, -0.1) is 0 Å². The molecule has 5 heteroatoms. The first-order valence-electron chi connectivity index (χ1n) is 8.18. The number of hydrogen-bond donors (Lipinski definition) is 2. The fourth-order valence-corrected chi connectivity index (χ4v) is 2.67. The van der Waals surface area contributed by atoms with E-state index in [0.717, 1.165) is 13.1 Å². The predicted molar refractivity (Wildman–Crippen MR) is 89.7 cm³/mol. The molecule has 122 valence electrons. The lowest BCUT2D eigenvalue weighted by atomic mass is 10.2. The normalized spacial score (nSPS) is 22.6. The summed E-state index contributed by atoms with van der Waals surface area (Å²) in [5.74, 6) is 0.0199. The first kappa shape index (κ1) is 16.9. The molecule has 3 heterocycles. The van der Waals surface area contributed by atoms with Gasteiger partial charge >= 0.3 is 0 Å². The van der Waals surface area contributed by atoms with Crippen molar-refractivity contribution >= 4 is 5.91 Å². The van der Waals surface area contributed by atoms with E-state index < -0.39 is 0 Å². The number of carbonyl (C=O) groups is 1. The molecule has 0 atom stereocenters. The van der Waals surface area contributed by atoms with Gasteiger partial charge in [-0.05, 0) is 5.56 Å². The first-order valence-corrected chi connectivity index (χ1v) is 8.18. The van der Waals surface area contributed by atoms with Gasteiger partial charge in [0.2, 0.25) is 5.91 Å². The van der Waals surface area contributed by atoms with Gasteiger partial charge in [0.25, 0.3) is 0 Å². The third-order valence-corrected chi connectivity index (χ3v) is 4.05. The molecule has 22 heavy (non-hydrogen) atoms. The van der Waals surface area contributed by atoms with Gasteiger partial charge in [0.05, 0.1) is 0 Å².